The molecule has 1 aliphatic heterocycles. The molecule has 18 heavy (non-hydrogen) atoms. The summed E-state index contributed by atoms with van der Waals surface area (Å²) in [6.07, 6.45) is 6.13. The average molecular weight is 255 g/mol. The summed E-state index contributed by atoms with van der Waals surface area (Å²) in [5.41, 5.74) is 0. The van der Waals surface area contributed by atoms with E-state index >= 15 is 0 Å². The van der Waals surface area contributed by atoms with Crippen molar-refractivity contribution in [3.05, 3.63) is 0 Å². The molecular weight excluding hydrogens is 230 g/mol. The van der Waals surface area contributed by atoms with Crippen LogP contribution in [0.15, 0.2) is 0 Å². The Balaban J connectivity index is 1.84. The number of hydrogen-bond acceptors (Lipinski definition) is 4. The monoisotopic (exact) mass is 255 g/mol. The molecule has 1 heterocycles. The highest BCUT2D eigenvalue weighted by Gasteiger charge is 2.32. The molecule has 4 nitrogen and oxygen atoms in total. The maximum atomic E-state index is 11.5. The van der Waals surface area contributed by atoms with Gasteiger partial charge in [0.25, 0.3) is 0 Å². The summed E-state index contributed by atoms with van der Waals surface area (Å²) in [4.78, 5) is 13.9. The predicted molar refractivity (Wildman–Crippen MR) is 69.4 cm³/mol. The minimum atomic E-state index is -0.382. The van der Waals surface area contributed by atoms with Crippen LogP contribution in [0.5, 0.6) is 0 Å². The number of rotatable bonds is 3. The van der Waals surface area contributed by atoms with E-state index in [1.807, 2.05) is 0 Å². The number of morpholine rings is 1. The van der Waals surface area contributed by atoms with Crippen molar-refractivity contribution in [3.8, 4) is 0 Å². The Labute approximate surface area is 110 Å². The van der Waals surface area contributed by atoms with Crippen molar-refractivity contribution >= 4 is 5.97 Å². The Morgan fingerprint density at radius 3 is 2.67 bits per heavy atom. The summed E-state index contributed by atoms with van der Waals surface area (Å²) in [7, 11) is 1.43. The molecule has 0 N–H and O–H groups in total. The molecule has 4 heteroatoms. The third-order valence-corrected chi connectivity index (χ3v) is 4.47. The van der Waals surface area contributed by atoms with Crippen LogP contribution in [0.1, 0.15) is 39.0 Å². The van der Waals surface area contributed by atoms with Crippen LogP contribution >= 0.6 is 0 Å². The molecule has 0 radical (unpaired) electrons. The standard InChI is InChI=1S/C14H25NO3/c1-3-11-4-6-12(7-5-11)15-8-9-18-13(10-15)14(16)17-2/h11-13H,3-10H2,1-2H3. The molecule has 1 saturated heterocycles. The van der Waals surface area contributed by atoms with E-state index < -0.39 is 0 Å². The first-order valence-corrected chi connectivity index (χ1v) is 7.18. The zero-order valence-corrected chi connectivity index (χ0v) is 11.6. The molecule has 1 aliphatic carbocycles. The summed E-state index contributed by atoms with van der Waals surface area (Å²) < 4.78 is 10.2. The van der Waals surface area contributed by atoms with Crippen LogP contribution in [0.2, 0.25) is 0 Å². The third-order valence-electron chi connectivity index (χ3n) is 4.47. The van der Waals surface area contributed by atoms with Gasteiger partial charge in [-0.3, -0.25) is 4.90 Å². The number of nitrogens with zero attached hydrogens (tertiary/aromatic N) is 1. The van der Waals surface area contributed by atoms with Crippen molar-refractivity contribution in [1.29, 1.82) is 0 Å². The number of carbonyl (C=O) groups excluding carboxylic acids is 1. The van der Waals surface area contributed by atoms with Crippen LogP contribution in [0.3, 0.4) is 0 Å². The number of esters is 1. The molecule has 0 amide bonds. The fourth-order valence-corrected chi connectivity index (χ4v) is 3.19. The van der Waals surface area contributed by atoms with E-state index in [1.54, 1.807) is 0 Å². The van der Waals surface area contributed by atoms with E-state index in [2.05, 4.69) is 11.8 Å². The Hall–Kier alpha value is -0.610. The second-order valence-corrected chi connectivity index (χ2v) is 5.46. The van der Waals surface area contributed by atoms with Gasteiger partial charge in [-0.05, 0) is 31.6 Å². The van der Waals surface area contributed by atoms with Gasteiger partial charge in [0.1, 0.15) is 0 Å². The van der Waals surface area contributed by atoms with Crippen LogP contribution in [-0.2, 0) is 14.3 Å². The van der Waals surface area contributed by atoms with Crippen molar-refractivity contribution in [2.75, 3.05) is 26.8 Å². The summed E-state index contributed by atoms with van der Waals surface area (Å²) in [5.74, 6) is 0.681. The Morgan fingerprint density at radius 1 is 1.33 bits per heavy atom. The topological polar surface area (TPSA) is 38.8 Å². The molecule has 0 spiro atoms. The minimum absolute atomic E-state index is 0.234. The van der Waals surface area contributed by atoms with Gasteiger partial charge >= 0.3 is 5.97 Å². The lowest BCUT2D eigenvalue weighted by Gasteiger charge is -2.40. The normalized spacial score (nSPS) is 34.2. The molecule has 0 aromatic heterocycles. The summed E-state index contributed by atoms with van der Waals surface area (Å²) in [6.45, 7) is 4.59. The van der Waals surface area contributed by atoms with Gasteiger partial charge in [-0.1, -0.05) is 13.3 Å². The number of ether oxygens (including phenoxy) is 2. The number of methoxy groups -OCH3 is 1. The van der Waals surface area contributed by atoms with Gasteiger partial charge in [-0.25, -0.2) is 4.79 Å². The molecule has 1 saturated carbocycles. The van der Waals surface area contributed by atoms with E-state index in [9.17, 15) is 4.79 Å². The van der Waals surface area contributed by atoms with E-state index in [-0.39, 0.29) is 12.1 Å². The van der Waals surface area contributed by atoms with Crippen molar-refractivity contribution < 1.29 is 14.3 Å². The SMILES string of the molecule is CCC1CCC(N2CCOC(C(=O)OC)C2)CC1. The highest BCUT2D eigenvalue weighted by molar-refractivity contribution is 5.74. The van der Waals surface area contributed by atoms with Gasteiger partial charge in [0.05, 0.1) is 13.7 Å². The number of carbonyl (C=O) groups is 1. The summed E-state index contributed by atoms with van der Waals surface area (Å²) >= 11 is 0. The first-order chi connectivity index (χ1) is 8.74. The highest BCUT2D eigenvalue weighted by atomic mass is 16.6. The van der Waals surface area contributed by atoms with Crippen molar-refractivity contribution in [1.82, 2.24) is 4.90 Å². The smallest absolute Gasteiger partial charge is 0.336 e. The van der Waals surface area contributed by atoms with Gasteiger partial charge in [-0.2, -0.15) is 0 Å². The van der Waals surface area contributed by atoms with E-state index in [0.717, 1.165) is 12.5 Å². The lowest BCUT2D eigenvalue weighted by molar-refractivity contribution is -0.161. The van der Waals surface area contributed by atoms with Crippen molar-refractivity contribution in [3.63, 3.8) is 0 Å². The summed E-state index contributed by atoms with van der Waals surface area (Å²) in [5, 5.41) is 0. The lowest BCUT2D eigenvalue weighted by atomic mass is 9.84. The number of hydrogen-bond donors (Lipinski definition) is 0. The van der Waals surface area contributed by atoms with Crippen LogP contribution in [-0.4, -0.2) is 49.8 Å². The summed E-state index contributed by atoms with van der Waals surface area (Å²) in [6, 6.07) is 0.642. The maximum Gasteiger partial charge on any atom is 0.336 e. The van der Waals surface area contributed by atoms with Crippen LogP contribution in [0, 0.1) is 5.92 Å². The zero-order chi connectivity index (χ0) is 13.0. The van der Waals surface area contributed by atoms with E-state index in [1.165, 1.54) is 39.2 Å². The molecule has 0 aromatic rings. The Kier molecular flexibility index (Phi) is 5.01. The first-order valence-electron chi connectivity index (χ1n) is 7.18. The maximum absolute atomic E-state index is 11.5. The van der Waals surface area contributed by atoms with Gasteiger partial charge in [0, 0.05) is 19.1 Å². The average Bonchev–Trinajstić information content (AvgIpc) is 2.46. The van der Waals surface area contributed by atoms with Crippen molar-refractivity contribution in [2.24, 2.45) is 5.92 Å². The largest absolute Gasteiger partial charge is 0.467 e. The van der Waals surface area contributed by atoms with E-state index in [0.29, 0.717) is 19.2 Å². The molecular formula is C14H25NO3. The Bertz CT molecular complexity index is 274. The second kappa shape index (κ2) is 6.53. The lowest BCUT2D eigenvalue weighted by Crippen LogP contribution is -2.51. The molecule has 2 fully saturated rings. The quantitative estimate of drug-likeness (QED) is 0.721. The molecule has 1 atom stereocenters. The fraction of sp³-hybridized carbons (Fsp3) is 0.929. The van der Waals surface area contributed by atoms with Crippen molar-refractivity contribution in [2.45, 2.75) is 51.2 Å². The van der Waals surface area contributed by atoms with Gasteiger partial charge in [-0.15, -0.1) is 0 Å². The van der Waals surface area contributed by atoms with Gasteiger partial charge < -0.3 is 9.47 Å². The zero-order valence-electron chi connectivity index (χ0n) is 11.6. The molecule has 2 aliphatic rings. The van der Waals surface area contributed by atoms with Crippen LogP contribution in [0.4, 0.5) is 0 Å². The predicted octanol–water partition coefficient (Wildman–Crippen LogP) is 1.83. The minimum Gasteiger partial charge on any atom is -0.467 e. The molecule has 0 bridgehead atoms. The molecule has 0 aromatic carbocycles. The highest BCUT2D eigenvalue weighted by Crippen LogP contribution is 2.30. The fourth-order valence-electron chi connectivity index (χ4n) is 3.19. The molecule has 2 rings (SSSR count). The van der Waals surface area contributed by atoms with Gasteiger partial charge in [0.15, 0.2) is 6.10 Å². The second-order valence-electron chi connectivity index (χ2n) is 5.46. The Morgan fingerprint density at radius 2 is 2.06 bits per heavy atom. The van der Waals surface area contributed by atoms with Crippen LogP contribution < -0.4 is 0 Å². The molecule has 1 unspecified atom stereocenters. The third kappa shape index (κ3) is 3.23. The van der Waals surface area contributed by atoms with Gasteiger partial charge in [0.2, 0.25) is 0 Å². The van der Waals surface area contributed by atoms with E-state index in [4.69, 9.17) is 9.47 Å². The first kappa shape index (κ1) is 13.8. The molecule has 104 valence electrons. The van der Waals surface area contributed by atoms with Crippen LogP contribution in [0.25, 0.3) is 0 Å².